The summed E-state index contributed by atoms with van der Waals surface area (Å²) >= 11 is 0. The van der Waals surface area contributed by atoms with Gasteiger partial charge in [0.05, 0.1) is 6.42 Å². The van der Waals surface area contributed by atoms with E-state index in [9.17, 15) is 22.4 Å². The first-order valence-electron chi connectivity index (χ1n) is 9.25. The Kier molecular flexibility index (Phi) is 6.82. The van der Waals surface area contributed by atoms with Crippen LogP contribution in [0.4, 0.5) is 10.1 Å². The van der Waals surface area contributed by atoms with E-state index in [1.807, 2.05) is 0 Å². The molecule has 1 heterocycles. The van der Waals surface area contributed by atoms with E-state index in [4.69, 9.17) is 0 Å². The average Bonchev–Trinajstić information content (AvgIpc) is 2.96. The van der Waals surface area contributed by atoms with E-state index in [0.29, 0.717) is 43.9 Å². The zero-order chi connectivity index (χ0) is 20.8. The molecule has 0 radical (unpaired) electrons. The maximum atomic E-state index is 13.0. The van der Waals surface area contributed by atoms with Crippen LogP contribution < -0.4 is 4.72 Å². The minimum atomic E-state index is -2.75. The van der Waals surface area contributed by atoms with E-state index < -0.39 is 10.9 Å². The smallest absolute Gasteiger partial charge is 0.253 e. The molecule has 2 aromatic carbocycles. The van der Waals surface area contributed by atoms with Gasteiger partial charge >= 0.3 is 0 Å². The van der Waals surface area contributed by atoms with E-state index >= 15 is 0 Å². The Morgan fingerprint density at radius 1 is 0.897 bits per heavy atom. The van der Waals surface area contributed by atoms with Crippen molar-refractivity contribution in [3.8, 4) is 0 Å². The van der Waals surface area contributed by atoms with Crippen molar-refractivity contribution >= 4 is 28.4 Å². The molecule has 9 heteroatoms. The number of amides is 2. The summed E-state index contributed by atoms with van der Waals surface area (Å²) in [6, 6.07) is 12.1. The first kappa shape index (κ1) is 20.8. The van der Waals surface area contributed by atoms with Gasteiger partial charge in [-0.15, -0.1) is 0 Å². The lowest BCUT2D eigenvalue weighted by molar-refractivity contribution is -0.130. The summed E-state index contributed by atoms with van der Waals surface area (Å²) in [5.74, 6) is -0.542. The number of benzene rings is 2. The zero-order valence-electron chi connectivity index (χ0n) is 15.7. The summed E-state index contributed by atoms with van der Waals surface area (Å²) in [6.45, 7) is 1.94. The fraction of sp³-hybridized carbons (Fsp3) is 0.300. The monoisotopic (exact) mass is 419 g/mol. The largest absolute Gasteiger partial charge is 0.341 e. The van der Waals surface area contributed by atoms with Gasteiger partial charge in [-0.1, -0.05) is 12.1 Å². The van der Waals surface area contributed by atoms with Crippen LogP contribution in [0.15, 0.2) is 48.5 Å². The molecule has 2 amide bonds. The number of nitrogens with zero attached hydrogens (tertiary/aromatic N) is 2. The molecule has 0 aliphatic carbocycles. The summed E-state index contributed by atoms with van der Waals surface area (Å²) in [5, 5.41) is 0. The van der Waals surface area contributed by atoms with Crippen molar-refractivity contribution in [2.24, 2.45) is 0 Å². The van der Waals surface area contributed by atoms with E-state index in [2.05, 4.69) is 4.72 Å². The van der Waals surface area contributed by atoms with Gasteiger partial charge in [0.1, 0.15) is 5.82 Å². The normalized spacial score (nSPS) is 14.6. The highest BCUT2D eigenvalue weighted by Crippen LogP contribution is 2.14. The van der Waals surface area contributed by atoms with Gasteiger partial charge in [0, 0.05) is 37.4 Å². The predicted octanol–water partition coefficient (Wildman–Crippen LogP) is 1.68. The topological polar surface area (TPSA) is 86.8 Å². The molecule has 0 aromatic heterocycles. The maximum Gasteiger partial charge on any atom is 0.253 e. The number of hydrogen-bond donors (Lipinski definition) is 2. The average molecular weight is 419 g/mol. The molecule has 0 atom stereocenters. The molecule has 0 bridgehead atoms. The molecule has 2 aromatic rings. The summed E-state index contributed by atoms with van der Waals surface area (Å²) in [6.07, 6.45) is 0.863. The quantitative estimate of drug-likeness (QED) is 0.722. The standard InChI is InChI=1S/C20H22FN3O4S/c21-17-6-2-15(3-7-17)14-19(25)23-10-1-11-24(13-12-23)20(26)16-4-8-18(9-5-16)22-29(27)28/h2-9,29H,1,10-14H2,(H,22,27,28). The Hall–Kier alpha value is -2.94. The van der Waals surface area contributed by atoms with E-state index in [1.165, 1.54) is 24.3 Å². The molecular formula is C20H22FN3O4S. The van der Waals surface area contributed by atoms with Crippen LogP contribution in [0.1, 0.15) is 22.3 Å². The van der Waals surface area contributed by atoms with Crippen LogP contribution >= 0.6 is 0 Å². The van der Waals surface area contributed by atoms with Crippen LogP contribution in [0, 0.1) is 5.82 Å². The molecule has 0 spiro atoms. The maximum absolute atomic E-state index is 13.0. The second-order valence-electron chi connectivity index (χ2n) is 6.78. The van der Waals surface area contributed by atoms with Gasteiger partial charge < -0.3 is 9.80 Å². The number of hydrogen-bond acceptors (Lipinski definition) is 4. The lowest BCUT2D eigenvalue weighted by Crippen LogP contribution is -2.38. The van der Waals surface area contributed by atoms with Gasteiger partial charge in [0.25, 0.3) is 5.91 Å². The Morgan fingerprint density at radius 3 is 2.17 bits per heavy atom. The zero-order valence-corrected chi connectivity index (χ0v) is 16.6. The Bertz CT molecular complexity index is 937. The van der Waals surface area contributed by atoms with E-state index in [0.717, 1.165) is 5.56 Å². The molecule has 7 nitrogen and oxygen atoms in total. The van der Waals surface area contributed by atoms with Crippen LogP contribution in [-0.4, -0.2) is 56.2 Å². The highest BCUT2D eigenvalue weighted by atomic mass is 32.2. The molecule has 1 N–H and O–H groups in total. The van der Waals surface area contributed by atoms with Gasteiger partial charge in [-0.05, 0) is 48.4 Å². The van der Waals surface area contributed by atoms with Crippen LogP contribution in [-0.2, 0) is 22.1 Å². The Labute approximate surface area is 170 Å². The molecule has 1 aliphatic heterocycles. The molecule has 3 rings (SSSR count). The van der Waals surface area contributed by atoms with Crippen molar-refractivity contribution in [1.29, 1.82) is 0 Å². The van der Waals surface area contributed by atoms with Gasteiger partial charge in [-0.3, -0.25) is 14.3 Å². The first-order valence-corrected chi connectivity index (χ1v) is 10.4. The SMILES string of the molecule is O=C(Cc1ccc(F)cc1)N1CCCN(C(=O)c2ccc(N[SH](=O)=O)cc2)CC1. The Balaban J connectivity index is 1.57. The van der Waals surface area contributed by atoms with Crippen LogP contribution in [0.25, 0.3) is 0 Å². The Morgan fingerprint density at radius 2 is 1.52 bits per heavy atom. The van der Waals surface area contributed by atoms with Gasteiger partial charge in [0.15, 0.2) is 0 Å². The van der Waals surface area contributed by atoms with Crippen molar-refractivity contribution in [2.75, 3.05) is 30.9 Å². The lowest BCUT2D eigenvalue weighted by Gasteiger charge is -2.22. The van der Waals surface area contributed by atoms with Crippen LogP contribution in [0.5, 0.6) is 0 Å². The minimum absolute atomic E-state index is 0.0481. The molecule has 154 valence electrons. The number of halogens is 1. The summed E-state index contributed by atoms with van der Waals surface area (Å²) in [5.41, 5.74) is 1.61. The summed E-state index contributed by atoms with van der Waals surface area (Å²) < 4.78 is 36.7. The number of anilines is 1. The third-order valence-electron chi connectivity index (χ3n) is 4.76. The van der Waals surface area contributed by atoms with Crippen molar-refractivity contribution in [3.05, 3.63) is 65.5 Å². The number of nitrogens with one attached hydrogen (secondary N) is 1. The lowest BCUT2D eigenvalue weighted by atomic mass is 10.1. The first-order chi connectivity index (χ1) is 13.9. The third-order valence-corrected chi connectivity index (χ3v) is 5.20. The highest BCUT2D eigenvalue weighted by Gasteiger charge is 2.23. The molecule has 0 saturated carbocycles. The summed E-state index contributed by atoms with van der Waals surface area (Å²) in [4.78, 5) is 28.7. The minimum Gasteiger partial charge on any atom is -0.341 e. The molecule has 1 aliphatic rings. The van der Waals surface area contributed by atoms with Crippen LogP contribution in [0.3, 0.4) is 0 Å². The number of rotatable bonds is 5. The molecule has 1 fully saturated rings. The summed E-state index contributed by atoms with van der Waals surface area (Å²) in [7, 11) is -2.75. The van der Waals surface area contributed by atoms with Crippen molar-refractivity contribution in [3.63, 3.8) is 0 Å². The van der Waals surface area contributed by atoms with Gasteiger partial charge in [0.2, 0.25) is 16.8 Å². The van der Waals surface area contributed by atoms with Gasteiger partial charge in [-0.2, -0.15) is 0 Å². The number of thiol groups is 1. The van der Waals surface area contributed by atoms with Crippen LogP contribution in [0.2, 0.25) is 0 Å². The number of carbonyl (C=O) groups is 2. The van der Waals surface area contributed by atoms with Crippen molar-refractivity contribution in [2.45, 2.75) is 12.8 Å². The second kappa shape index (κ2) is 9.51. The molecular weight excluding hydrogens is 397 g/mol. The van der Waals surface area contributed by atoms with Crippen molar-refractivity contribution < 1.29 is 22.4 Å². The fourth-order valence-electron chi connectivity index (χ4n) is 3.23. The second-order valence-corrected chi connectivity index (χ2v) is 7.51. The van der Waals surface area contributed by atoms with Crippen molar-refractivity contribution in [1.82, 2.24) is 9.80 Å². The number of carbonyl (C=O) groups excluding carboxylic acids is 2. The van der Waals surface area contributed by atoms with E-state index in [-0.39, 0.29) is 24.1 Å². The fourth-order valence-corrected chi connectivity index (χ4v) is 3.59. The molecule has 1 saturated heterocycles. The molecule has 0 unspecified atom stereocenters. The van der Waals surface area contributed by atoms with E-state index in [1.54, 1.807) is 34.1 Å². The van der Waals surface area contributed by atoms with Gasteiger partial charge in [-0.25, -0.2) is 12.8 Å². The molecule has 29 heavy (non-hydrogen) atoms. The third kappa shape index (κ3) is 5.77. The predicted molar refractivity (Wildman–Crippen MR) is 108 cm³/mol. The highest BCUT2D eigenvalue weighted by molar-refractivity contribution is 7.73.